The highest BCUT2D eigenvalue weighted by molar-refractivity contribution is 5.47. The predicted octanol–water partition coefficient (Wildman–Crippen LogP) is 8.23. The second-order valence-electron chi connectivity index (χ2n) is 12.1. The van der Waals surface area contributed by atoms with Crippen molar-refractivity contribution in [2.45, 2.75) is 62.6 Å². The molecule has 4 aromatic carbocycles. The molecule has 2 aliphatic heterocycles. The van der Waals surface area contributed by atoms with E-state index >= 15 is 0 Å². The molecule has 4 aromatic rings. The van der Waals surface area contributed by atoms with Crippen LogP contribution in [-0.2, 0) is 0 Å². The van der Waals surface area contributed by atoms with E-state index in [2.05, 4.69) is 0 Å². The van der Waals surface area contributed by atoms with Gasteiger partial charge in [-0.2, -0.15) is 0 Å². The molecule has 0 bridgehead atoms. The van der Waals surface area contributed by atoms with Gasteiger partial charge in [0.05, 0.1) is 0 Å². The summed E-state index contributed by atoms with van der Waals surface area (Å²) in [5.74, 6) is 4.76. The summed E-state index contributed by atoms with van der Waals surface area (Å²) in [6.07, 6.45) is 7.06. The van der Waals surface area contributed by atoms with Crippen LogP contribution in [0, 0.1) is 11.8 Å². The van der Waals surface area contributed by atoms with Gasteiger partial charge in [0.15, 0.2) is 0 Å². The van der Waals surface area contributed by atoms with Crippen LogP contribution in [-0.4, -0.2) is 20.4 Å². The lowest BCUT2D eigenvalue weighted by Gasteiger charge is -2.36. The second-order valence-corrected chi connectivity index (χ2v) is 12.1. The Bertz CT molecular complexity index is 1440. The number of hydrogen-bond acceptors (Lipinski definition) is 6. The zero-order valence-electron chi connectivity index (χ0n) is 23.4. The Kier molecular flexibility index (Phi) is 6.85. The van der Waals surface area contributed by atoms with Crippen LogP contribution in [0.4, 0.5) is 0 Å². The lowest BCUT2D eigenvalue weighted by Crippen LogP contribution is -2.26. The van der Waals surface area contributed by atoms with E-state index < -0.39 is 0 Å². The molecule has 2 fully saturated rings. The third-order valence-corrected chi connectivity index (χ3v) is 9.65. The molecule has 216 valence electrons. The highest BCUT2D eigenvalue weighted by Gasteiger charge is 2.43. The molecule has 4 aliphatic rings. The molecule has 2 aliphatic carbocycles. The molecule has 4 N–H and O–H groups in total. The Labute approximate surface area is 245 Å². The van der Waals surface area contributed by atoms with Crippen molar-refractivity contribution in [1.82, 2.24) is 0 Å². The first-order valence-corrected chi connectivity index (χ1v) is 15.0. The molecule has 0 amide bonds. The van der Waals surface area contributed by atoms with E-state index in [4.69, 9.17) is 9.47 Å². The van der Waals surface area contributed by atoms with Crippen molar-refractivity contribution >= 4 is 0 Å². The van der Waals surface area contributed by atoms with Gasteiger partial charge in [0, 0.05) is 23.0 Å². The minimum atomic E-state index is 0.0372. The van der Waals surface area contributed by atoms with Gasteiger partial charge in [-0.1, -0.05) is 37.1 Å². The van der Waals surface area contributed by atoms with Crippen molar-refractivity contribution in [3.63, 3.8) is 0 Å². The maximum atomic E-state index is 9.74. The number of rotatable bonds is 2. The van der Waals surface area contributed by atoms with Crippen molar-refractivity contribution in [3.8, 4) is 34.5 Å². The maximum absolute atomic E-state index is 9.74. The minimum Gasteiger partial charge on any atom is -0.508 e. The molecule has 0 aromatic heterocycles. The van der Waals surface area contributed by atoms with Gasteiger partial charge in [0.1, 0.15) is 46.7 Å². The SMILES string of the molecule is Oc1ccc([C@@H]2Oc3ccc(O)cc3[C@@H]3CCC[C@@H]32)cc1.Oc1ccc([C@H]2Oc3ccc(O)cc3[C@H]3CCC[C@H]32)cc1. The number of ether oxygens (including phenoxy) is 2. The van der Waals surface area contributed by atoms with Crippen molar-refractivity contribution in [1.29, 1.82) is 0 Å². The zero-order valence-corrected chi connectivity index (χ0v) is 23.4. The summed E-state index contributed by atoms with van der Waals surface area (Å²) >= 11 is 0. The lowest BCUT2D eigenvalue weighted by atomic mass is 9.80. The highest BCUT2D eigenvalue weighted by atomic mass is 16.5. The lowest BCUT2D eigenvalue weighted by molar-refractivity contribution is 0.104. The molecule has 8 rings (SSSR count). The van der Waals surface area contributed by atoms with Crippen LogP contribution < -0.4 is 9.47 Å². The zero-order chi connectivity index (χ0) is 28.8. The molecule has 0 spiro atoms. The molecule has 6 nitrogen and oxygen atoms in total. The second kappa shape index (κ2) is 10.8. The third-order valence-electron chi connectivity index (χ3n) is 9.65. The molecular weight excluding hydrogens is 528 g/mol. The number of fused-ring (bicyclic) bond motifs is 6. The Morgan fingerprint density at radius 3 is 1.24 bits per heavy atom. The summed E-state index contributed by atoms with van der Waals surface area (Å²) in [6.45, 7) is 0. The van der Waals surface area contributed by atoms with Crippen molar-refractivity contribution < 1.29 is 29.9 Å². The molecule has 6 heteroatoms. The van der Waals surface area contributed by atoms with E-state index in [1.165, 1.54) is 12.8 Å². The monoisotopic (exact) mass is 564 g/mol. The van der Waals surface area contributed by atoms with Crippen LogP contribution in [0.2, 0.25) is 0 Å². The molecule has 0 saturated heterocycles. The number of phenols is 4. The average Bonchev–Trinajstić information content (AvgIpc) is 3.69. The Balaban J connectivity index is 0.000000137. The summed E-state index contributed by atoms with van der Waals surface area (Å²) in [6, 6.07) is 25.5. The summed E-state index contributed by atoms with van der Waals surface area (Å²) in [7, 11) is 0. The third kappa shape index (κ3) is 4.89. The number of aromatic hydroxyl groups is 4. The van der Waals surface area contributed by atoms with Crippen LogP contribution in [0.15, 0.2) is 84.9 Å². The van der Waals surface area contributed by atoms with Crippen LogP contribution >= 0.6 is 0 Å². The van der Waals surface area contributed by atoms with Crippen molar-refractivity contribution in [3.05, 3.63) is 107 Å². The molecule has 2 heterocycles. The summed E-state index contributed by atoms with van der Waals surface area (Å²) < 4.78 is 12.5. The summed E-state index contributed by atoms with van der Waals surface area (Å²) in [5, 5.41) is 38.4. The minimum absolute atomic E-state index is 0.0372. The molecule has 6 atom stereocenters. The van der Waals surface area contributed by atoms with Crippen LogP contribution in [0.25, 0.3) is 0 Å². The van der Waals surface area contributed by atoms with Crippen molar-refractivity contribution in [2.75, 3.05) is 0 Å². The number of benzene rings is 4. The smallest absolute Gasteiger partial charge is 0.127 e. The van der Waals surface area contributed by atoms with Crippen molar-refractivity contribution in [2.24, 2.45) is 11.8 Å². The molecular formula is C36H36O6. The van der Waals surface area contributed by atoms with Gasteiger partial charge in [0.2, 0.25) is 0 Å². The van der Waals surface area contributed by atoms with Gasteiger partial charge in [-0.05, 0) is 109 Å². The summed E-state index contributed by atoms with van der Waals surface area (Å²) in [5.41, 5.74) is 4.52. The van der Waals surface area contributed by atoms with E-state index in [1.54, 1.807) is 36.4 Å². The first-order valence-electron chi connectivity index (χ1n) is 15.0. The van der Waals surface area contributed by atoms with Gasteiger partial charge < -0.3 is 29.9 Å². The molecule has 42 heavy (non-hydrogen) atoms. The van der Waals surface area contributed by atoms with E-state index in [0.717, 1.165) is 59.4 Å². The van der Waals surface area contributed by atoms with Gasteiger partial charge in [-0.15, -0.1) is 0 Å². The largest absolute Gasteiger partial charge is 0.508 e. The topological polar surface area (TPSA) is 99.4 Å². The van der Waals surface area contributed by atoms with Gasteiger partial charge in [-0.25, -0.2) is 0 Å². The van der Waals surface area contributed by atoms with E-state index in [-0.39, 0.29) is 23.7 Å². The first-order chi connectivity index (χ1) is 20.4. The van der Waals surface area contributed by atoms with Crippen LogP contribution in [0.1, 0.15) is 84.8 Å². The van der Waals surface area contributed by atoms with E-state index in [1.807, 2.05) is 48.5 Å². The Morgan fingerprint density at radius 2 is 0.833 bits per heavy atom. The highest BCUT2D eigenvalue weighted by Crippen LogP contribution is 2.55. The van der Waals surface area contributed by atoms with Crippen LogP contribution in [0.3, 0.4) is 0 Å². The van der Waals surface area contributed by atoms with E-state index in [9.17, 15) is 20.4 Å². The first kappa shape index (κ1) is 26.6. The number of hydrogen-bond donors (Lipinski definition) is 4. The van der Waals surface area contributed by atoms with Gasteiger partial charge in [-0.3, -0.25) is 0 Å². The maximum Gasteiger partial charge on any atom is 0.127 e. The Hall–Kier alpha value is -4.32. The quantitative estimate of drug-likeness (QED) is 0.196. The molecule has 0 unspecified atom stereocenters. The normalized spacial score (nSPS) is 26.8. The summed E-state index contributed by atoms with van der Waals surface area (Å²) in [4.78, 5) is 0. The molecule has 2 saturated carbocycles. The Morgan fingerprint density at radius 1 is 0.452 bits per heavy atom. The molecule has 0 radical (unpaired) electrons. The fourth-order valence-electron chi connectivity index (χ4n) is 7.75. The standard InChI is InChI=1S/2C18H18O3/c2*19-12-6-4-11(5-7-12)18-15-3-1-2-14(15)16-10-13(20)8-9-17(16)21-18/h2*4-10,14-15,18-20H,1-3H2/t2*14-,15+,18+/m10/s1. The fraction of sp³-hybridized carbons (Fsp3) is 0.333. The number of phenolic OH excluding ortho intramolecular Hbond substituents is 4. The van der Waals surface area contributed by atoms with Gasteiger partial charge in [0.25, 0.3) is 0 Å². The average molecular weight is 565 g/mol. The fourth-order valence-corrected chi connectivity index (χ4v) is 7.75. The van der Waals surface area contributed by atoms with Crippen LogP contribution in [0.5, 0.6) is 34.5 Å². The van der Waals surface area contributed by atoms with E-state index in [0.29, 0.717) is 35.2 Å². The predicted molar refractivity (Wildman–Crippen MR) is 159 cm³/mol. The van der Waals surface area contributed by atoms with Gasteiger partial charge >= 0.3 is 0 Å².